The van der Waals surface area contributed by atoms with Gasteiger partial charge in [0.1, 0.15) is 11.9 Å². The number of fused-ring (bicyclic) bond motifs is 2. The molecule has 2 atom stereocenters. The Kier molecular flexibility index (Phi) is 5.88. The predicted molar refractivity (Wildman–Crippen MR) is 140 cm³/mol. The highest BCUT2D eigenvalue weighted by Crippen LogP contribution is 2.32. The molecular formula is C27H32N8. The molecule has 8 heteroatoms. The van der Waals surface area contributed by atoms with E-state index < -0.39 is 0 Å². The molecule has 3 fully saturated rings. The summed E-state index contributed by atoms with van der Waals surface area (Å²) in [6.45, 7) is 11.4. The van der Waals surface area contributed by atoms with Crippen LogP contribution in [0.1, 0.15) is 12.5 Å². The highest BCUT2D eigenvalue weighted by molar-refractivity contribution is 5.95. The molecule has 5 heterocycles. The lowest BCUT2D eigenvalue weighted by atomic mass is 10.0. The van der Waals surface area contributed by atoms with Gasteiger partial charge in [-0.15, -0.1) is 0 Å². The first-order valence-corrected chi connectivity index (χ1v) is 12.7. The van der Waals surface area contributed by atoms with Gasteiger partial charge in [0.2, 0.25) is 0 Å². The lowest BCUT2D eigenvalue weighted by Crippen LogP contribution is -2.65. The van der Waals surface area contributed by atoms with E-state index in [0.717, 1.165) is 75.6 Å². The minimum absolute atomic E-state index is 0.416. The molecular weight excluding hydrogens is 436 g/mol. The highest BCUT2D eigenvalue weighted by Gasteiger charge is 2.37. The number of nitriles is 1. The molecule has 2 aromatic heterocycles. The fourth-order valence-electron chi connectivity index (χ4n) is 5.99. The number of pyridine rings is 2. The van der Waals surface area contributed by atoms with E-state index >= 15 is 0 Å². The van der Waals surface area contributed by atoms with Crippen molar-refractivity contribution in [3.05, 3.63) is 54.4 Å². The fraction of sp³-hybridized carbons (Fsp3) is 0.444. The molecule has 3 aliphatic rings. The second-order valence-electron chi connectivity index (χ2n) is 9.84. The average Bonchev–Trinajstić information content (AvgIpc) is 2.92. The Morgan fingerprint density at radius 1 is 0.914 bits per heavy atom. The van der Waals surface area contributed by atoms with Crippen LogP contribution >= 0.6 is 0 Å². The van der Waals surface area contributed by atoms with Crippen molar-refractivity contribution in [2.24, 2.45) is 0 Å². The number of hydrogen-bond donors (Lipinski definition) is 1. The van der Waals surface area contributed by atoms with Gasteiger partial charge in [0, 0.05) is 106 Å². The monoisotopic (exact) mass is 468 g/mol. The molecule has 0 aliphatic carbocycles. The minimum atomic E-state index is 0.416. The molecule has 0 amide bonds. The predicted octanol–water partition coefficient (Wildman–Crippen LogP) is 2.31. The van der Waals surface area contributed by atoms with E-state index in [4.69, 9.17) is 4.98 Å². The quantitative estimate of drug-likeness (QED) is 0.628. The number of piperazine rings is 3. The second-order valence-corrected chi connectivity index (χ2v) is 9.84. The van der Waals surface area contributed by atoms with Crippen molar-refractivity contribution in [3.63, 3.8) is 0 Å². The third kappa shape index (κ3) is 4.15. The number of rotatable bonds is 3. The molecule has 1 N–H and O–H groups in total. The molecule has 35 heavy (non-hydrogen) atoms. The molecule has 8 nitrogen and oxygen atoms in total. The topological polar surface area (TPSA) is 74.6 Å². The molecule has 3 saturated heterocycles. The molecule has 2 unspecified atom stereocenters. The van der Waals surface area contributed by atoms with Crippen LogP contribution in [0, 0.1) is 11.3 Å². The van der Waals surface area contributed by atoms with Crippen LogP contribution in [0.25, 0.3) is 10.9 Å². The smallest absolute Gasteiger partial charge is 0.130 e. The van der Waals surface area contributed by atoms with Crippen LogP contribution in [0.3, 0.4) is 0 Å². The van der Waals surface area contributed by atoms with Gasteiger partial charge in [0.05, 0.1) is 11.1 Å². The lowest BCUT2D eigenvalue weighted by molar-refractivity contribution is 0.108. The number of nitrogens with zero attached hydrogens (tertiary/aromatic N) is 7. The highest BCUT2D eigenvalue weighted by atomic mass is 15.4. The van der Waals surface area contributed by atoms with Gasteiger partial charge in [-0.2, -0.15) is 5.26 Å². The van der Waals surface area contributed by atoms with Gasteiger partial charge in [0.15, 0.2) is 0 Å². The van der Waals surface area contributed by atoms with Crippen LogP contribution in [0.15, 0.2) is 48.8 Å². The zero-order valence-electron chi connectivity index (χ0n) is 20.3. The Labute approximate surface area is 206 Å². The van der Waals surface area contributed by atoms with E-state index in [2.05, 4.69) is 67.2 Å². The number of nitrogens with one attached hydrogen (secondary N) is 1. The van der Waals surface area contributed by atoms with Gasteiger partial charge in [-0.1, -0.05) is 0 Å². The van der Waals surface area contributed by atoms with E-state index in [-0.39, 0.29) is 0 Å². The van der Waals surface area contributed by atoms with Gasteiger partial charge in [-0.25, -0.2) is 4.98 Å². The maximum Gasteiger partial charge on any atom is 0.130 e. The van der Waals surface area contributed by atoms with Crippen molar-refractivity contribution in [2.45, 2.75) is 19.0 Å². The summed E-state index contributed by atoms with van der Waals surface area (Å²) in [5.74, 6) is 1.08. The van der Waals surface area contributed by atoms with Gasteiger partial charge < -0.3 is 20.0 Å². The van der Waals surface area contributed by atoms with E-state index in [0.29, 0.717) is 17.6 Å². The molecule has 3 aliphatic heterocycles. The summed E-state index contributed by atoms with van der Waals surface area (Å²) in [5, 5.41) is 14.0. The molecule has 0 spiro atoms. The molecule has 3 aromatic rings. The third-order valence-electron chi connectivity index (χ3n) is 7.75. The Hall–Kier alpha value is -3.41. The first-order valence-electron chi connectivity index (χ1n) is 12.7. The fourth-order valence-corrected chi connectivity index (χ4v) is 5.99. The molecule has 0 saturated carbocycles. The molecule has 180 valence electrons. The summed E-state index contributed by atoms with van der Waals surface area (Å²) in [4.78, 5) is 19.4. The number of benzene rings is 1. The van der Waals surface area contributed by atoms with Gasteiger partial charge >= 0.3 is 0 Å². The van der Waals surface area contributed by atoms with Crippen molar-refractivity contribution >= 4 is 28.1 Å². The summed E-state index contributed by atoms with van der Waals surface area (Å²) in [6, 6.07) is 15.7. The lowest BCUT2D eigenvalue weighted by Gasteiger charge is -2.51. The van der Waals surface area contributed by atoms with Crippen LogP contribution in [0.5, 0.6) is 0 Å². The van der Waals surface area contributed by atoms with Crippen molar-refractivity contribution < 1.29 is 0 Å². The Morgan fingerprint density at radius 3 is 2.63 bits per heavy atom. The largest absolute Gasteiger partial charge is 0.369 e. The van der Waals surface area contributed by atoms with Gasteiger partial charge in [0.25, 0.3) is 0 Å². The maximum atomic E-state index is 9.55. The van der Waals surface area contributed by atoms with Crippen molar-refractivity contribution in [1.82, 2.24) is 20.2 Å². The van der Waals surface area contributed by atoms with Crippen LogP contribution in [0.2, 0.25) is 0 Å². The summed E-state index contributed by atoms with van der Waals surface area (Å²) >= 11 is 0. The van der Waals surface area contributed by atoms with Crippen LogP contribution in [0.4, 0.5) is 17.2 Å². The van der Waals surface area contributed by atoms with E-state index in [1.54, 1.807) is 6.20 Å². The molecule has 1 aromatic carbocycles. The second kappa shape index (κ2) is 9.33. The normalized spacial score (nSPS) is 23.3. The molecule has 6 rings (SSSR count). The van der Waals surface area contributed by atoms with Gasteiger partial charge in [-0.05, 0) is 37.3 Å². The minimum Gasteiger partial charge on any atom is -0.369 e. The summed E-state index contributed by atoms with van der Waals surface area (Å²) in [6.07, 6.45) is 3.73. The maximum absolute atomic E-state index is 9.55. The van der Waals surface area contributed by atoms with E-state index in [9.17, 15) is 5.26 Å². The Balaban J connectivity index is 1.24. The standard InChI is InChI=1S/C27H32N8/c1-20-17-34(25-5-4-21(16-28)27-24(25)3-2-7-31-27)19-23-18-33(13-14-35(20)23)26-15-22(6-8-30-26)32-11-9-29-10-12-32/h2-8,15,20,23,29H,9-14,17-19H2,1H3. The first kappa shape index (κ1) is 22.1. The zero-order valence-corrected chi connectivity index (χ0v) is 20.3. The van der Waals surface area contributed by atoms with Crippen molar-refractivity contribution in [1.29, 1.82) is 5.26 Å². The number of hydrogen-bond acceptors (Lipinski definition) is 8. The van der Waals surface area contributed by atoms with E-state index in [1.165, 1.54) is 11.4 Å². The Bertz CT molecular complexity index is 1250. The Morgan fingerprint density at radius 2 is 1.77 bits per heavy atom. The zero-order chi connectivity index (χ0) is 23.8. The van der Waals surface area contributed by atoms with Crippen LogP contribution in [-0.2, 0) is 0 Å². The summed E-state index contributed by atoms with van der Waals surface area (Å²) in [7, 11) is 0. The van der Waals surface area contributed by atoms with Crippen LogP contribution < -0.4 is 20.0 Å². The molecule has 0 radical (unpaired) electrons. The average molecular weight is 469 g/mol. The van der Waals surface area contributed by atoms with Crippen molar-refractivity contribution in [3.8, 4) is 6.07 Å². The van der Waals surface area contributed by atoms with Crippen LogP contribution in [-0.4, -0.2) is 85.9 Å². The van der Waals surface area contributed by atoms with Crippen molar-refractivity contribution in [2.75, 3.05) is 73.6 Å². The summed E-state index contributed by atoms with van der Waals surface area (Å²) < 4.78 is 0. The third-order valence-corrected chi connectivity index (χ3v) is 7.75. The number of aromatic nitrogens is 2. The van der Waals surface area contributed by atoms with E-state index in [1.807, 2.05) is 18.3 Å². The first-order chi connectivity index (χ1) is 17.2. The number of anilines is 3. The summed E-state index contributed by atoms with van der Waals surface area (Å²) in [5.41, 5.74) is 3.88. The molecule has 0 bridgehead atoms. The van der Waals surface area contributed by atoms with Gasteiger partial charge in [-0.3, -0.25) is 9.88 Å². The SMILES string of the molecule is CC1CN(c2ccc(C#N)c3ncccc23)CC2CN(c3cc(N4CCNCC4)ccn3)CCN12.